The summed E-state index contributed by atoms with van der Waals surface area (Å²) < 4.78 is 18.8. The number of hydrogen-bond donors (Lipinski definition) is 1. The number of halogens is 1. The van der Waals surface area contributed by atoms with E-state index in [0.717, 1.165) is 11.3 Å². The van der Waals surface area contributed by atoms with E-state index in [1.54, 1.807) is 19.1 Å². The molecule has 0 aromatic heterocycles. The van der Waals surface area contributed by atoms with Crippen molar-refractivity contribution < 1.29 is 13.9 Å². The lowest BCUT2D eigenvalue weighted by molar-refractivity contribution is -0.121. The highest BCUT2D eigenvalue weighted by Crippen LogP contribution is 2.10. The number of para-hydroxylation sites is 1. The molecule has 0 bridgehead atoms. The number of carbonyl (C=O) groups is 1. The highest BCUT2D eigenvalue weighted by Gasteiger charge is 2.04. The van der Waals surface area contributed by atoms with Crippen molar-refractivity contribution in [2.24, 2.45) is 0 Å². The first-order chi connectivity index (χ1) is 10.1. The molecule has 0 radical (unpaired) electrons. The topological polar surface area (TPSA) is 38.3 Å². The van der Waals surface area contributed by atoms with E-state index in [1.165, 1.54) is 6.07 Å². The van der Waals surface area contributed by atoms with Gasteiger partial charge in [0, 0.05) is 6.54 Å². The van der Waals surface area contributed by atoms with E-state index in [2.05, 4.69) is 5.32 Å². The van der Waals surface area contributed by atoms with E-state index in [-0.39, 0.29) is 18.1 Å². The number of amides is 1. The molecule has 0 unspecified atom stereocenters. The maximum Gasteiger partial charge on any atom is 0.223 e. The van der Waals surface area contributed by atoms with E-state index < -0.39 is 0 Å². The minimum absolute atomic E-state index is 0.119. The lowest BCUT2D eigenvalue weighted by atomic mass is 10.1. The minimum atomic E-state index is -0.255. The van der Waals surface area contributed by atoms with Gasteiger partial charge in [-0.15, -0.1) is 0 Å². The van der Waals surface area contributed by atoms with E-state index in [1.807, 2.05) is 30.3 Å². The molecule has 0 spiro atoms. The second-order valence-corrected chi connectivity index (χ2v) is 4.77. The fourth-order valence-corrected chi connectivity index (χ4v) is 1.81. The number of hydrogen-bond acceptors (Lipinski definition) is 2. The Hall–Kier alpha value is -2.36. The van der Waals surface area contributed by atoms with Gasteiger partial charge in [0.15, 0.2) is 0 Å². The lowest BCUT2D eigenvalue weighted by Crippen LogP contribution is -2.24. The van der Waals surface area contributed by atoms with Crippen molar-refractivity contribution in [3.63, 3.8) is 0 Å². The van der Waals surface area contributed by atoms with Gasteiger partial charge in [-0.2, -0.15) is 0 Å². The summed E-state index contributed by atoms with van der Waals surface area (Å²) in [6.07, 6.45) is 0.267. The Morgan fingerprint density at radius 1 is 1.19 bits per heavy atom. The number of ether oxygens (including phenoxy) is 1. The highest BCUT2D eigenvalue weighted by molar-refractivity contribution is 5.75. The van der Waals surface area contributed by atoms with Crippen molar-refractivity contribution in [1.82, 2.24) is 5.32 Å². The molecule has 2 aromatic rings. The van der Waals surface area contributed by atoms with Gasteiger partial charge in [-0.1, -0.05) is 30.3 Å². The summed E-state index contributed by atoms with van der Waals surface area (Å²) in [6, 6.07) is 14.3. The molecule has 2 rings (SSSR count). The third kappa shape index (κ3) is 4.91. The zero-order chi connectivity index (χ0) is 15.1. The molecule has 1 amide bonds. The molecule has 0 aliphatic heterocycles. The van der Waals surface area contributed by atoms with Gasteiger partial charge < -0.3 is 10.1 Å². The van der Waals surface area contributed by atoms with E-state index in [0.29, 0.717) is 18.7 Å². The molecular weight excluding hydrogens is 269 g/mol. The molecule has 21 heavy (non-hydrogen) atoms. The quantitative estimate of drug-likeness (QED) is 0.886. The second kappa shape index (κ2) is 7.43. The van der Waals surface area contributed by atoms with Crippen LogP contribution in [-0.2, 0) is 11.3 Å². The van der Waals surface area contributed by atoms with Crippen LogP contribution in [0, 0.1) is 12.7 Å². The summed E-state index contributed by atoms with van der Waals surface area (Å²) in [6.45, 7) is 2.35. The standard InChI is InChI=1S/C17H18FNO2/c1-13-7-8-14(11-16(13)18)12-19-17(20)9-10-21-15-5-3-2-4-6-15/h2-8,11H,9-10,12H2,1H3,(H,19,20). The average molecular weight is 287 g/mol. The summed E-state index contributed by atoms with van der Waals surface area (Å²) in [5.74, 6) is 0.368. The molecule has 2 aromatic carbocycles. The summed E-state index contributed by atoms with van der Waals surface area (Å²) in [5.41, 5.74) is 1.34. The van der Waals surface area contributed by atoms with Crippen LogP contribution >= 0.6 is 0 Å². The SMILES string of the molecule is Cc1ccc(CNC(=O)CCOc2ccccc2)cc1F. The Morgan fingerprint density at radius 2 is 1.95 bits per heavy atom. The van der Waals surface area contributed by atoms with Crippen molar-refractivity contribution in [1.29, 1.82) is 0 Å². The zero-order valence-electron chi connectivity index (χ0n) is 11.9. The average Bonchev–Trinajstić information content (AvgIpc) is 2.49. The van der Waals surface area contributed by atoms with Crippen molar-refractivity contribution >= 4 is 5.91 Å². The number of nitrogens with one attached hydrogen (secondary N) is 1. The third-order valence-electron chi connectivity index (χ3n) is 3.07. The normalized spacial score (nSPS) is 10.2. The number of rotatable bonds is 6. The van der Waals surface area contributed by atoms with Gasteiger partial charge in [0.1, 0.15) is 11.6 Å². The second-order valence-electron chi connectivity index (χ2n) is 4.77. The molecule has 0 saturated heterocycles. The zero-order valence-corrected chi connectivity index (χ0v) is 11.9. The van der Waals surface area contributed by atoms with Crippen molar-refractivity contribution in [2.75, 3.05) is 6.61 Å². The molecule has 4 heteroatoms. The molecular formula is C17H18FNO2. The molecule has 0 fully saturated rings. The first-order valence-corrected chi connectivity index (χ1v) is 6.85. The van der Waals surface area contributed by atoms with Crippen LogP contribution in [-0.4, -0.2) is 12.5 Å². The van der Waals surface area contributed by atoms with Gasteiger partial charge in [0.2, 0.25) is 5.91 Å². The Labute approximate surface area is 123 Å². The predicted molar refractivity (Wildman–Crippen MR) is 79.5 cm³/mol. The van der Waals surface area contributed by atoms with E-state index >= 15 is 0 Å². The number of carbonyl (C=O) groups excluding carboxylic acids is 1. The van der Waals surface area contributed by atoms with Gasteiger partial charge >= 0.3 is 0 Å². The van der Waals surface area contributed by atoms with Crippen LogP contribution in [0.1, 0.15) is 17.5 Å². The summed E-state index contributed by atoms with van der Waals surface area (Å²) in [4.78, 5) is 11.7. The first-order valence-electron chi connectivity index (χ1n) is 6.85. The van der Waals surface area contributed by atoms with Gasteiger partial charge in [-0.3, -0.25) is 4.79 Å². The molecule has 3 nitrogen and oxygen atoms in total. The molecule has 110 valence electrons. The largest absolute Gasteiger partial charge is 0.493 e. The molecule has 0 atom stereocenters. The smallest absolute Gasteiger partial charge is 0.223 e. The number of benzene rings is 2. The summed E-state index contributed by atoms with van der Waals surface area (Å²) in [5, 5.41) is 2.75. The van der Waals surface area contributed by atoms with Crippen molar-refractivity contribution in [3.8, 4) is 5.75 Å². The molecule has 0 aliphatic rings. The van der Waals surface area contributed by atoms with Crippen LogP contribution in [0.2, 0.25) is 0 Å². The predicted octanol–water partition coefficient (Wildman–Crippen LogP) is 3.22. The van der Waals surface area contributed by atoms with Crippen LogP contribution in [0.3, 0.4) is 0 Å². The van der Waals surface area contributed by atoms with Gasteiger partial charge in [-0.25, -0.2) is 4.39 Å². The van der Waals surface area contributed by atoms with Crippen LogP contribution in [0.15, 0.2) is 48.5 Å². The highest BCUT2D eigenvalue weighted by atomic mass is 19.1. The lowest BCUT2D eigenvalue weighted by Gasteiger charge is -2.08. The molecule has 0 aliphatic carbocycles. The third-order valence-corrected chi connectivity index (χ3v) is 3.07. The Morgan fingerprint density at radius 3 is 2.67 bits per heavy atom. The maximum absolute atomic E-state index is 13.4. The van der Waals surface area contributed by atoms with Crippen LogP contribution in [0.4, 0.5) is 4.39 Å². The van der Waals surface area contributed by atoms with Crippen molar-refractivity contribution in [2.45, 2.75) is 19.9 Å². The fourth-order valence-electron chi connectivity index (χ4n) is 1.81. The Kier molecular flexibility index (Phi) is 5.32. The number of aryl methyl sites for hydroxylation is 1. The molecule has 0 saturated carbocycles. The van der Waals surface area contributed by atoms with Gasteiger partial charge in [0.05, 0.1) is 13.0 Å². The Balaban J connectivity index is 1.71. The van der Waals surface area contributed by atoms with Crippen LogP contribution in [0.5, 0.6) is 5.75 Å². The fraction of sp³-hybridized carbons (Fsp3) is 0.235. The first kappa shape index (κ1) is 15.0. The van der Waals surface area contributed by atoms with Crippen LogP contribution < -0.4 is 10.1 Å². The minimum Gasteiger partial charge on any atom is -0.493 e. The molecule has 0 heterocycles. The monoisotopic (exact) mass is 287 g/mol. The Bertz CT molecular complexity index is 599. The van der Waals surface area contributed by atoms with E-state index in [9.17, 15) is 9.18 Å². The summed E-state index contributed by atoms with van der Waals surface area (Å²) >= 11 is 0. The summed E-state index contributed by atoms with van der Waals surface area (Å²) in [7, 11) is 0. The van der Waals surface area contributed by atoms with E-state index in [4.69, 9.17) is 4.74 Å². The van der Waals surface area contributed by atoms with Gasteiger partial charge in [0.25, 0.3) is 0 Å². The van der Waals surface area contributed by atoms with Crippen molar-refractivity contribution in [3.05, 3.63) is 65.5 Å². The van der Waals surface area contributed by atoms with Crippen LogP contribution in [0.25, 0.3) is 0 Å². The van der Waals surface area contributed by atoms with Gasteiger partial charge in [-0.05, 0) is 36.2 Å². The molecule has 1 N–H and O–H groups in total. The maximum atomic E-state index is 13.4.